The first-order valence-corrected chi connectivity index (χ1v) is 8.31. The fourth-order valence-electron chi connectivity index (χ4n) is 3.90. The summed E-state index contributed by atoms with van der Waals surface area (Å²) in [5.74, 6) is 1.89. The highest BCUT2D eigenvalue weighted by Gasteiger charge is 2.24. The van der Waals surface area contributed by atoms with E-state index in [9.17, 15) is 0 Å². The lowest BCUT2D eigenvalue weighted by Crippen LogP contribution is -2.26. The maximum absolute atomic E-state index is 5.63. The van der Waals surface area contributed by atoms with Gasteiger partial charge in [0, 0.05) is 12.5 Å². The summed E-state index contributed by atoms with van der Waals surface area (Å²) in [6.07, 6.45) is 10.9. The lowest BCUT2D eigenvalue weighted by atomic mass is 9.82. The molecule has 1 fully saturated rings. The van der Waals surface area contributed by atoms with Gasteiger partial charge in [0.25, 0.3) is 0 Å². The molecule has 0 aromatic heterocycles. The van der Waals surface area contributed by atoms with E-state index in [0.717, 1.165) is 24.7 Å². The van der Waals surface area contributed by atoms with Crippen LogP contribution in [0.2, 0.25) is 0 Å². The van der Waals surface area contributed by atoms with Gasteiger partial charge in [-0.2, -0.15) is 0 Å². The second-order valence-corrected chi connectivity index (χ2v) is 6.34. The fourth-order valence-corrected chi connectivity index (χ4v) is 3.90. The van der Waals surface area contributed by atoms with Crippen LogP contribution in [0.1, 0.15) is 62.1 Å². The molecular formula is C18H27NO. The van der Waals surface area contributed by atoms with Gasteiger partial charge in [-0.3, -0.25) is 0 Å². The summed E-state index contributed by atoms with van der Waals surface area (Å²) in [6, 6.07) is 7.33. The van der Waals surface area contributed by atoms with Gasteiger partial charge in [-0.25, -0.2) is 0 Å². The van der Waals surface area contributed by atoms with E-state index in [2.05, 4.69) is 30.6 Å². The molecule has 1 atom stereocenters. The van der Waals surface area contributed by atoms with Crippen LogP contribution in [0.5, 0.6) is 5.75 Å². The van der Waals surface area contributed by atoms with E-state index in [1.807, 2.05) is 0 Å². The third-order valence-corrected chi connectivity index (χ3v) is 5.00. The summed E-state index contributed by atoms with van der Waals surface area (Å²) in [5, 5.41) is 3.59. The molecule has 1 N–H and O–H groups in total. The van der Waals surface area contributed by atoms with Crippen LogP contribution >= 0.6 is 0 Å². The Bertz CT molecular complexity index is 435. The summed E-state index contributed by atoms with van der Waals surface area (Å²) in [5.41, 5.74) is 2.86. The third kappa shape index (κ3) is 3.01. The normalized spacial score (nSPS) is 21.6. The predicted octanol–water partition coefficient (Wildman–Crippen LogP) is 4.24. The number of hydrogen-bond donors (Lipinski definition) is 1. The van der Waals surface area contributed by atoms with Crippen molar-refractivity contribution in [2.24, 2.45) is 5.92 Å². The summed E-state index contributed by atoms with van der Waals surface area (Å²) in [4.78, 5) is 0. The van der Waals surface area contributed by atoms with E-state index < -0.39 is 0 Å². The first-order chi connectivity index (χ1) is 9.88. The first kappa shape index (κ1) is 13.9. The van der Waals surface area contributed by atoms with Crippen LogP contribution in [-0.4, -0.2) is 13.7 Å². The Hall–Kier alpha value is -1.02. The zero-order valence-electron chi connectivity index (χ0n) is 12.7. The molecule has 1 heterocycles. The van der Waals surface area contributed by atoms with Crippen molar-refractivity contribution < 1.29 is 4.74 Å². The number of benzene rings is 1. The van der Waals surface area contributed by atoms with Crippen molar-refractivity contribution in [3.05, 3.63) is 29.3 Å². The standard InChI is InChI=1S/C18H27NO/c1-19-18(14-7-5-3-2-4-6-8-14)16-9-10-17-15(13-16)11-12-20-17/h9-10,13-14,18-19H,2-8,11-12H2,1H3. The topological polar surface area (TPSA) is 21.3 Å². The highest BCUT2D eigenvalue weighted by Crippen LogP contribution is 2.35. The number of hydrogen-bond acceptors (Lipinski definition) is 2. The lowest BCUT2D eigenvalue weighted by molar-refractivity contribution is 0.299. The molecule has 1 saturated carbocycles. The molecule has 1 aliphatic heterocycles. The highest BCUT2D eigenvalue weighted by molar-refractivity contribution is 5.41. The van der Waals surface area contributed by atoms with E-state index in [0.29, 0.717) is 6.04 Å². The molecule has 2 aliphatic rings. The van der Waals surface area contributed by atoms with Gasteiger partial charge < -0.3 is 10.1 Å². The van der Waals surface area contributed by atoms with Crippen LogP contribution in [-0.2, 0) is 6.42 Å². The molecule has 0 spiro atoms. The van der Waals surface area contributed by atoms with E-state index in [-0.39, 0.29) is 0 Å². The van der Waals surface area contributed by atoms with Crippen molar-refractivity contribution in [1.29, 1.82) is 0 Å². The molecule has 0 amide bonds. The molecular weight excluding hydrogens is 246 g/mol. The monoisotopic (exact) mass is 273 g/mol. The molecule has 0 bridgehead atoms. The van der Waals surface area contributed by atoms with Crippen molar-refractivity contribution in [2.45, 2.75) is 57.4 Å². The Morgan fingerprint density at radius 3 is 2.60 bits per heavy atom. The Balaban J connectivity index is 1.77. The van der Waals surface area contributed by atoms with Gasteiger partial charge in [-0.05, 0) is 43.0 Å². The predicted molar refractivity (Wildman–Crippen MR) is 83.3 cm³/mol. The molecule has 0 saturated heterocycles. The first-order valence-electron chi connectivity index (χ1n) is 8.31. The van der Waals surface area contributed by atoms with Crippen LogP contribution in [0.25, 0.3) is 0 Å². The Morgan fingerprint density at radius 1 is 1.10 bits per heavy atom. The van der Waals surface area contributed by atoms with Gasteiger partial charge in [0.15, 0.2) is 0 Å². The third-order valence-electron chi connectivity index (χ3n) is 5.00. The van der Waals surface area contributed by atoms with Crippen LogP contribution in [0.4, 0.5) is 0 Å². The Labute approximate surface area is 122 Å². The summed E-state index contributed by atoms with van der Waals surface area (Å²) >= 11 is 0. The molecule has 110 valence electrons. The smallest absolute Gasteiger partial charge is 0.122 e. The molecule has 2 heteroatoms. The molecule has 1 aromatic carbocycles. The fraction of sp³-hybridized carbons (Fsp3) is 0.667. The van der Waals surface area contributed by atoms with Gasteiger partial charge in [0.1, 0.15) is 5.75 Å². The molecule has 1 aliphatic carbocycles. The minimum absolute atomic E-state index is 0.513. The Morgan fingerprint density at radius 2 is 1.85 bits per heavy atom. The van der Waals surface area contributed by atoms with Crippen molar-refractivity contribution in [3.63, 3.8) is 0 Å². The minimum atomic E-state index is 0.513. The van der Waals surface area contributed by atoms with Crippen molar-refractivity contribution in [2.75, 3.05) is 13.7 Å². The van der Waals surface area contributed by atoms with E-state index in [1.54, 1.807) is 0 Å². The number of rotatable bonds is 3. The van der Waals surface area contributed by atoms with Crippen LogP contribution in [0.3, 0.4) is 0 Å². The van der Waals surface area contributed by atoms with Gasteiger partial charge in [0.05, 0.1) is 6.61 Å². The maximum atomic E-state index is 5.63. The average molecular weight is 273 g/mol. The Kier molecular flexibility index (Phi) is 4.62. The van der Waals surface area contributed by atoms with Crippen LogP contribution in [0, 0.1) is 5.92 Å². The van der Waals surface area contributed by atoms with Gasteiger partial charge in [-0.15, -0.1) is 0 Å². The largest absolute Gasteiger partial charge is 0.493 e. The average Bonchev–Trinajstić information content (AvgIpc) is 2.89. The van der Waals surface area contributed by atoms with Crippen LogP contribution in [0.15, 0.2) is 18.2 Å². The molecule has 20 heavy (non-hydrogen) atoms. The van der Waals surface area contributed by atoms with Crippen molar-refractivity contribution in [1.82, 2.24) is 5.32 Å². The highest BCUT2D eigenvalue weighted by atomic mass is 16.5. The number of nitrogens with one attached hydrogen (secondary N) is 1. The van der Waals surface area contributed by atoms with Crippen molar-refractivity contribution >= 4 is 0 Å². The van der Waals surface area contributed by atoms with Gasteiger partial charge in [0.2, 0.25) is 0 Å². The molecule has 1 aromatic rings. The van der Waals surface area contributed by atoms with Crippen LogP contribution < -0.4 is 10.1 Å². The quantitative estimate of drug-likeness (QED) is 0.889. The maximum Gasteiger partial charge on any atom is 0.122 e. The number of fused-ring (bicyclic) bond motifs is 1. The molecule has 3 rings (SSSR count). The van der Waals surface area contributed by atoms with E-state index in [1.165, 1.54) is 56.1 Å². The summed E-state index contributed by atoms with van der Waals surface area (Å²) < 4.78 is 5.63. The van der Waals surface area contributed by atoms with E-state index >= 15 is 0 Å². The van der Waals surface area contributed by atoms with E-state index in [4.69, 9.17) is 4.74 Å². The zero-order valence-corrected chi connectivity index (χ0v) is 12.7. The summed E-state index contributed by atoms with van der Waals surface area (Å²) in [7, 11) is 2.12. The molecule has 0 radical (unpaired) electrons. The SMILES string of the molecule is CNC(c1ccc2c(c1)CCO2)C1CCCCCCC1. The number of ether oxygens (including phenoxy) is 1. The second-order valence-electron chi connectivity index (χ2n) is 6.34. The minimum Gasteiger partial charge on any atom is -0.493 e. The summed E-state index contributed by atoms with van der Waals surface area (Å²) in [6.45, 7) is 0.854. The molecule has 2 nitrogen and oxygen atoms in total. The van der Waals surface area contributed by atoms with Crippen molar-refractivity contribution in [3.8, 4) is 5.75 Å². The van der Waals surface area contributed by atoms with Gasteiger partial charge >= 0.3 is 0 Å². The zero-order chi connectivity index (χ0) is 13.8. The van der Waals surface area contributed by atoms with Gasteiger partial charge in [-0.1, -0.05) is 44.2 Å². The second kappa shape index (κ2) is 6.62. The lowest BCUT2D eigenvalue weighted by Gasteiger charge is -2.29. The molecule has 1 unspecified atom stereocenters.